The molecule has 108 valence electrons. The largest absolute Gasteiger partial charge is 0.255 e. The van der Waals surface area contributed by atoms with E-state index in [2.05, 4.69) is 5.10 Å². The zero-order valence-corrected chi connectivity index (χ0v) is 12.7. The Labute approximate surface area is 123 Å². The van der Waals surface area contributed by atoms with E-state index in [0.29, 0.717) is 0 Å². The van der Waals surface area contributed by atoms with E-state index in [1.165, 1.54) is 4.68 Å². The first kappa shape index (κ1) is 16.4. The zero-order chi connectivity index (χ0) is 15.3. The van der Waals surface area contributed by atoms with Crippen LogP contribution in [0.15, 0.2) is 4.90 Å². The van der Waals surface area contributed by atoms with Crippen LogP contribution in [0.1, 0.15) is 18.5 Å². The average Bonchev–Trinajstić information content (AvgIpc) is 2.63. The lowest BCUT2D eigenvalue weighted by molar-refractivity contribution is 0.424. The molecular weight excluding hydrogens is 302 g/mol. The summed E-state index contributed by atoms with van der Waals surface area (Å²) in [6.45, 7) is 1.59. The van der Waals surface area contributed by atoms with Gasteiger partial charge in [-0.3, -0.25) is 4.68 Å². The number of halogens is 1. The quantitative estimate of drug-likeness (QED) is 0.784. The molecule has 0 bridgehead atoms. The molecule has 0 aliphatic carbocycles. The van der Waals surface area contributed by atoms with Gasteiger partial charge < -0.3 is 0 Å². The van der Waals surface area contributed by atoms with Gasteiger partial charge in [0.2, 0.25) is 10.0 Å². The smallest absolute Gasteiger partial charge is 0.248 e. The number of nitriles is 2. The van der Waals surface area contributed by atoms with E-state index in [9.17, 15) is 8.42 Å². The Balaban J connectivity index is 3.22. The number of nitrogens with zero attached hydrogens (tertiary/aromatic N) is 5. The fraction of sp³-hybridized carbons (Fsp3) is 0.545. The Morgan fingerprint density at radius 3 is 2.15 bits per heavy atom. The molecule has 20 heavy (non-hydrogen) atoms. The van der Waals surface area contributed by atoms with Crippen molar-refractivity contribution in [1.29, 1.82) is 10.5 Å². The van der Waals surface area contributed by atoms with Crippen LogP contribution in [0.3, 0.4) is 0 Å². The lowest BCUT2D eigenvalue weighted by atomic mass is 10.4. The molecular formula is C11H14ClN5O2S. The maximum absolute atomic E-state index is 12.6. The van der Waals surface area contributed by atoms with Crippen LogP contribution in [0.4, 0.5) is 0 Å². The Hall–Kier alpha value is -1.61. The highest BCUT2D eigenvalue weighted by Crippen LogP contribution is 2.27. The molecule has 0 saturated carbocycles. The summed E-state index contributed by atoms with van der Waals surface area (Å²) in [6, 6.07) is 3.78. The molecule has 9 heteroatoms. The van der Waals surface area contributed by atoms with Crippen LogP contribution in [0.2, 0.25) is 5.15 Å². The summed E-state index contributed by atoms with van der Waals surface area (Å²) in [5.41, 5.74) is 0.288. The lowest BCUT2D eigenvalue weighted by Crippen LogP contribution is -2.33. The number of aryl methyl sites for hydroxylation is 2. The second-order valence-corrected chi connectivity index (χ2v) is 6.28. The molecule has 1 aromatic rings. The third-order valence-electron chi connectivity index (χ3n) is 2.64. The van der Waals surface area contributed by atoms with Crippen molar-refractivity contribution in [2.24, 2.45) is 7.05 Å². The molecule has 0 aromatic carbocycles. The van der Waals surface area contributed by atoms with Crippen molar-refractivity contribution in [2.45, 2.75) is 24.7 Å². The molecule has 7 nitrogen and oxygen atoms in total. The lowest BCUT2D eigenvalue weighted by Gasteiger charge is -2.19. The number of hydrogen-bond donors (Lipinski definition) is 0. The molecule has 0 aliphatic rings. The predicted octanol–water partition coefficient (Wildman–Crippen LogP) is 1.20. The van der Waals surface area contributed by atoms with E-state index in [0.717, 1.165) is 4.31 Å². The predicted molar refractivity (Wildman–Crippen MR) is 72.2 cm³/mol. The highest BCUT2D eigenvalue weighted by Gasteiger charge is 2.31. The second-order valence-electron chi connectivity index (χ2n) is 4.05. The van der Waals surface area contributed by atoms with Crippen LogP contribution in [0.5, 0.6) is 0 Å². The van der Waals surface area contributed by atoms with Gasteiger partial charge in [-0.1, -0.05) is 11.6 Å². The third kappa shape index (κ3) is 3.28. The summed E-state index contributed by atoms with van der Waals surface area (Å²) < 4.78 is 27.5. The van der Waals surface area contributed by atoms with Gasteiger partial charge in [-0.2, -0.15) is 19.9 Å². The first-order valence-electron chi connectivity index (χ1n) is 5.79. The number of sulfonamides is 1. The Kier molecular flexibility index (Phi) is 5.52. The summed E-state index contributed by atoms with van der Waals surface area (Å²) >= 11 is 5.98. The molecule has 0 aliphatic heterocycles. The summed E-state index contributed by atoms with van der Waals surface area (Å²) in [6.07, 6.45) is 0.0865. The highest BCUT2D eigenvalue weighted by atomic mass is 35.5. The Bertz CT molecular complexity index is 650. The minimum Gasteiger partial charge on any atom is -0.255 e. The molecule has 0 fully saturated rings. The van der Waals surface area contributed by atoms with Gasteiger partial charge in [-0.25, -0.2) is 8.42 Å². The molecule has 1 aromatic heterocycles. The van der Waals surface area contributed by atoms with Crippen LogP contribution in [0.25, 0.3) is 0 Å². The summed E-state index contributed by atoms with van der Waals surface area (Å²) in [4.78, 5) is -0.0717. The molecule has 0 amide bonds. The van der Waals surface area contributed by atoms with Gasteiger partial charge in [-0.15, -0.1) is 0 Å². The van der Waals surface area contributed by atoms with Crippen molar-refractivity contribution in [3.63, 3.8) is 0 Å². The number of rotatable bonds is 6. The van der Waals surface area contributed by atoms with Gasteiger partial charge in [0.25, 0.3) is 0 Å². The maximum atomic E-state index is 12.6. The van der Waals surface area contributed by atoms with E-state index < -0.39 is 10.0 Å². The molecule has 0 unspecified atom stereocenters. The third-order valence-corrected chi connectivity index (χ3v) is 5.24. The summed E-state index contributed by atoms with van der Waals surface area (Å²) in [5, 5.41) is 21.2. The molecule has 1 heterocycles. The second kappa shape index (κ2) is 6.71. The van der Waals surface area contributed by atoms with Gasteiger partial charge in [0, 0.05) is 33.0 Å². The van der Waals surface area contributed by atoms with Crippen LogP contribution in [0, 0.1) is 29.6 Å². The summed E-state index contributed by atoms with van der Waals surface area (Å²) in [5.74, 6) is 0. The van der Waals surface area contributed by atoms with Gasteiger partial charge in [-0.05, 0) is 6.92 Å². The van der Waals surface area contributed by atoms with Crippen LogP contribution >= 0.6 is 11.6 Å². The van der Waals surface area contributed by atoms with Crippen LogP contribution < -0.4 is 0 Å². The minimum atomic E-state index is -3.87. The fourth-order valence-corrected chi connectivity index (χ4v) is 3.88. The SMILES string of the molecule is Cc1nn(C)c(Cl)c1S(=O)(=O)N(CCC#N)CCC#N. The molecule has 0 radical (unpaired) electrons. The van der Waals surface area contributed by atoms with Gasteiger partial charge in [0.15, 0.2) is 0 Å². The average molecular weight is 316 g/mol. The van der Waals surface area contributed by atoms with Crippen molar-refractivity contribution in [2.75, 3.05) is 13.1 Å². The Morgan fingerprint density at radius 2 is 1.80 bits per heavy atom. The Morgan fingerprint density at radius 1 is 1.30 bits per heavy atom. The first-order chi connectivity index (χ1) is 9.36. The van der Waals surface area contributed by atoms with E-state index in [1.54, 1.807) is 14.0 Å². The van der Waals surface area contributed by atoms with E-state index in [1.807, 2.05) is 12.1 Å². The molecule has 0 atom stereocenters. The van der Waals surface area contributed by atoms with Crippen LogP contribution in [-0.2, 0) is 17.1 Å². The topological polar surface area (TPSA) is 103 Å². The normalized spacial score (nSPS) is 11.3. The number of hydrogen-bond acceptors (Lipinski definition) is 5. The van der Waals surface area contributed by atoms with E-state index >= 15 is 0 Å². The highest BCUT2D eigenvalue weighted by molar-refractivity contribution is 7.89. The summed E-state index contributed by atoms with van der Waals surface area (Å²) in [7, 11) is -2.33. The van der Waals surface area contributed by atoms with Gasteiger partial charge >= 0.3 is 0 Å². The first-order valence-corrected chi connectivity index (χ1v) is 7.61. The molecule has 1 rings (SSSR count). The maximum Gasteiger partial charge on any atom is 0.248 e. The molecule has 0 spiro atoms. The van der Waals surface area contributed by atoms with E-state index in [4.69, 9.17) is 22.1 Å². The van der Waals surface area contributed by atoms with Crippen molar-refractivity contribution in [1.82, 2.24) is 14.1 Å². The van der Waals surface area contributed by atoms with Gasteiger partial charge in [0.1, 0.15) is 10.0 Å². The van der Waals surface area contributed by atoms with Crippen LogP contribution in [-0.4, -0.2) is 35.6 Å². The monoisotopic (exact) mass is 315 g/mol. The molecule has 0 saturated heterocycles. The molecule has 0 N–H and O–H groups in total. The fourth-order valence-electron chi connectivity index (χ4n) is 1.73. The van der Waals surface area contributed by atoms with Crippen molar-refractivity contribution in [3.8, 4) is 12.1 Å². The van der Waals surface area contributed by atoms with Crippen molar-refractivity contribution in [3.05, 3.63) is 10.8 Å². The van der Waals surface area contributed by atoms with Crippen molar-refractivity contribution >= 4 is 21.6 Å². The number of aromatic nitrogens is 2. The van der Waals surface area contributed by atoms with Gasteiger partial charge in [0.05, 0.1) is 17.8 Å². The zero-order valence-electron chi connectivity index (χ0n) is 11.2. The van der Waals surface area contributed by atoms with Crippen molar-refractivity contribution < 1.29 is 8.42 Å². The minimum absolute atomic E-state index is 0.0152. The van der Waals surface area contributed by atoms with E-state index in [-0.39, 0.29) is 41.7 Å². The standard InChI is InChI=1S/C11H14ClN5O2S/c1-9-10(11(12)16(2)15-9)20(18,19)17(7-3-5-13)8-4-6-14/h3-4,7-8H2,1-2H3.